The van der Waals surface area contributed by atoms with Crippen molar-refractivity contribution in [3.8, 4) is 0 Å². The maximum absolute atomic E-state index is 12.0. The van der Waals surface area contributed by atoms with Crippen molar-refractivity contribution in [1.29, 1.82) is 0 Å². The molecule has 4 nitrogen and oxygen atoms in total. The Labute approximate surface area is 117 Å². The second-order valence-corrected chi connectivity index (χ2v) is 6.82. The van der Waals surface area contributed by atoms with Crippen LogP contribution in [-0.2, 0) is 18.4 Å². The molecule has 1 atom stereocenters. The van der Waals surface area contributed by atoms with Gasteiger partial charge in [0.1, 0.15) is 0 Å². The van der Waals surface area contributed by atoms with E-state index in [4.69, 9.17) is 9.05 Å². The van der Waals surface area contributed by atoms with E-state index in [-0.39, 0.29) is 6.16 Å². The molecule has 0 aliphatic carbocycles. The van der Waals surface area contributed by atoms with Crippen molar-refractivity contribution in [3.63, 3.8) is 0 Å². The van der Waals surface area contributed by atoms with Gasteiger partial charge in [0, 0.05) is 13.2 Å². The van der Waals surface area contributed by atoms with Crippen LogP contribution in [0.2, 0.25) is 0 Å². The molecule has 0 aromatic heterocycles. The minimum absolute atomic E-state index is 0.290. The van der Waals surface area contributed by atoms with Gasteiger partial charge in [-0.15, -0.1) is 0 Å². The molecule has 0 saturated carbocycles. The van der Waals surface area contributed by atoms with Crippen LogP contribution in [0.5, 0.6) is 0 Å². The second-order valence-electron chi connectivity index (χ2n) is 4.61. The van der Waals surface area contributed by atoms with Crippen molar-refractivity contribution in [3.05, 3.63) is 12.7 Å². The fourth-order valence-electron chi connectivity index (χ4n) is 1.79. The largest absolute Gasteiger partial charge is 0.388 e. The number of unbranched alkanes of at least 4 members (excludes halogenated alkanes) is 7. The lowest BCUT2D eigenvalue weighted by Gasteiger charge is -2.14. The van der Waals surface area contributed by atoms with E-state index in [1.165, 1.54) is 39.2 Å². The van der Waals surface area contributed by atoms with Crippen molar-refractivity contribution in [2.24, 2.45) is 0 Å². The molecule has 0 fully saturated rings. The van der Waals surface area contributed by atoms with Gasteiger partial charge in [-0.3, -0.25) is 0 Å². The van der Waals surface area contributed by atoms with Gasteiger partial charge in [0.25, 0.3) is 0 Å². The number of carbonyl (C=O) groups excluding carboxylic acids is 1. The molecule has 0 radical (unpaired) electrons. The quantitative estimate of drug-likeness (QED) is 0.297. The zero-order valence-electron chi connectivity index (χ0n) is 12.2. The van der Waals surface area contributed by atoms with Crippen LogP contribution in [0.4, 0.5) is 0 Å². The highest BCUT2D eigenvalue weighted by Crippen LogP contribution is 2.48. The standard InChI is InChI=1S/C14H27O4P/c1-4-6-7-8-9-10-11-12-13-19(16,17-3)18-14(15)5-2/h5H,2,4,6-13H2,1,3H3. The van der Waals surface area contributed by atoms with Crippen LogP contribution in [0.15, 0.2) is 12.7 Å². The monoisotopic (exact) mass is 290 g/mol. The normalized spacial score (nSPS) is 13.8. The summed E-state index contributed by atoms with van der Waals surface area (Å²) in [7, 11) is -1.95. The number of hydrogen-bond donors (Lipinski definition) is 0. The third kappa shape index (κ3) is 9.92. The highest BCUT2D eigenvalue weighted by atomic mass is 31.2. The first-order valence-corrected chi connectivity index (χ1v) is 8.81. The maximum Gasteiger partial charge on any atom is 0.381 e. The van der Waals surface area contributed by atoms with Gasteiger partial charge in [0.05, 0.1) is 6.16 Å². The number of carbonyl (C=O) groups is 1. The molecule has 5 heteroatoms. The van der Waals surface area contributed by atoms with E-state index >= 15 is 0 Å². The van der Waals surface area contributed by atoms with Crippen molar-refractivity contribution >= 4 is 13.6 Å². The Hall–Kier alpha value is -0.600. The third-order valence-electron chi connectivity index (χ3n) is 2.96. The van der Waals surface area contributed by atoms with Crippen LogP contribution in [0.3, 0.4) is 0 Å². The highest BCUT2D eigenvalue weighted by molar-refractivity contribution is 7.54. The lowest BCUT2D eigenvalue weighted by molar-refractivity contribution is -0.129. The summed E-state index contributed by atoms with van der Waals surface area (Å²) < 4.78 is 21.6. The summed E-state index contributed by atoms with van der Waals surface area (Å²) in [6, 6.07) is 0. The SMILES string of the molecule is C=CC(=O)OP(=O)(CCCCCCCCCC)OC. The van der Waals surface area contributed by atoms with Gasteiger partial charge in [0.2, 0.25) is 0 Å². The Morgan fingerprint density at radius 3 is 2.11 bits per heavy atom. The molecular formula is C14H27O4P. The molecule has 0 aromatic carbocycles. The Kier molecular flexibility index (Phi) is 10.9. The minimum Gasteiger partial charge on any atom is -0.388 e. The predicted octanol–water partition coefficient (Wildman–Crippen LogP) is 4.70. The summed E-state index contributed by atoms with van der Waals surface area (Å²) in [6.45, 7) is 5.47. The van der Waals surface area contributed by atoms with Crippen LogP contribution >= 0.6 is 7.60 Å². The smallest absolute Gasteiger partial charge is 0.381 e. The lowest BCUT2D eigenvalue weighted by Crippen LogP contribution is -2.03. The predicted molar refractivity (Wildman–Crippen MR) is 78.4 cm³/mol. The fraction of sp³-hybridized carbons (Fsp3) is 0.786. The third-order valence-corrected chi connectivity index (χ3v) is 4.84. The van der Waals surface area contributed by atoms with E-state index in [2.05, 4.69) is 13.5 Å². The van der Waals surface area contributed by atoms with Crippen molar-refractivity contribution in [2.45, 2.75) is 58.3 Å². The summed E-state index contributed by atoms with van der Waals surface area (Å²) >= 11 is 0. The summed E-state index contributed by atoms with van der Waals surface area (Å²) in [5.74, 6) is -0.690. The van der Waals surface area contributed by atoms with E-state index in [1.807, 2.05) is 0 Å². The first-order valence-electron chi connectivity index (χ1n) is 7.08. The topological polar surface area (TPSA) is 52.6 Å². The van der Waals surface area contributed by atoms with Gasteiger partial charge in [-0.1, -0.05) is 58.4 Å². The van der Waals surface area contributed by atoms with Crippen molar-refractivity contribution in [1.82, 2.24) is 0 Å². The van der Waals surface area contributed by atoms with Crippen LogP contribution in [-0.4, -0.2) is 19.2 Å². The summed E-state index contributed by atoms with van der Waals surface area (Å²) in [6.07, 6.45) is 10.5. The zero-order valence-corrected chi connectivity index (χ0v) is 13.1. The van der Waals surface area contributed by atoms with Gasteiger partial charge in [-0.2, -0.15) is 0 Å². The van der Waals surface area contributed by atoms with E-state index in [1.54, 1.807) is 0 Å². The maximum atomic E-state index is 12.0. The Balaban J connectivity index is 3.69. The van der Waals surface area contributed by atoms with Gasteiger partial charge >= 0.3 is 13.6 Å². The van der Waals surface area contributed by atoms with Crippen LogP contribution in [0.25, 0.3) is 0 Å². The van der Waals surface area contributed by atoms with E-state index in [0.29, 0.717) is 0 Å². The minimum atomic E-state index is -3.26. The Morgan fingerprint density at radius 1 is 1.11 bits per heavy atom. The molecule has 0 aliphatic heterocycles. The summed E-state index contributed by atoms with van der Waals surface area (Å²) in [5, 5.41) is 0. The molecule has 0 spiro atoms. The summed E-state index contributed by atoms with van der Waals surface area (Å²) in [5.41, 5.74) is 0. The molecule has 0 aromatic rings. The van der Waals surface area contributed by atoms with Gasteiger partial charge in [0.15, 0.2) is 0 Å². The van der Waals surface area contributed by atoms with E-state index < -0.39 is 13.6 Å². The fourth-order valence-corrected chi connectivity index (χ4v) is 3.10. The van der Waals surface area contributed by atoms with Gasteiger partial charge in [-0.05, 0) is 6.42 Å². The van der Waals surface area contributed by atoms with Gasteiger partial charge in [-0.25, -0.2) is 9.36 Å². The van der Waals surface area contributed by atoms with Crippen molar-refractivity contribution in [2.75, 3.05) is 13.3 Å². The second kappa shape index (κ2) is 11.2. The molecule has 0 heterocycles. The van der Waals surface area contributed by atoms with Crippen LogP contribution in [0, 0.1) is 0 Å². The van der Waals surface area contributed by atoms with Crippen LogP contribution in [0.1, 0.15) is 58.3 Å². The molecular weight excluding hydrogens is 263 g/mol. The molecule has 19 heavy (non-hydrogen) atoms. The van der Waals surface area contributed by atoms with Gasteiger partial charge < -0.3 is 9.05 Å². The Morgan fingerprint density at radius 2 is 1.63 bits per heavy atom. The van der Waals surface area contributed by atoms with Crippen LogP contribution < -0.4 is 0 Å². The molecule has 0 saturated heterocycles. The summed E-state index contributed by atoms with van der Waals surface area (Å²) in [4.78, 5) is 11.0. The number of rotatable bonds is 12. The van der Waals surface area contributed by atoms with E-state index in [0.717, 1.165) is 25.3 Å². The number of hydrogen-bond acceptors (Lipinski definition) is 4. The first-order chi connectivity index (χ1) is 9.08. The average Bonchev–Trinajstić information content (AvgIpc) is 2.41. The molecule has 112 valence electrons. The molecule has 0 bridgehead atoms. The first kappa shape index (κ1) is 18.4. The zero-order chi connectivity index (χ0) is 14.6. The van der Waals surface area contributed by atoms with E-state index in [9.17, 15) is 9.36 Å². The lowest BCUT2D eigenvalue weighted by atomic mass is 10.1. The van der Waals surface area contributed by atoms with Crippen molar-refractivity contribution < 1.29 is 18.4 Å². The molecule has 0 amide bonds. The molecule has 0 aliphatic rings. The molecule has 0 rings (SSSR count). The molecule has 0 N–H and O–H groups in total. The molecule has 1 unspecified atom stereocenters. The average molecular weight is 290 g/mol. The highest BCUT2D eigenvalue weighted by Gasteiger charge is 2.25. The Bertz CT molecular complexity index is 302.